The van der Waals surface area contributed by atoms with Gasteiger partial charge in [0.15, 0.2) is 0 Å². The highest BCUT2D eigenvalue weighted by Gasteiger charge is 2.34. The molecule has 128 valence electrons. The van der Waals surface area contributed by atoms with E-state index in [9.17, 15) is 4.79 Å². The molecule has 0 spiro atoms. The van der Waals surface area contributed by atoms with Gasteiger partial charge in [0.25, 0.3) is 0 Å². The molecule has 2 atom stereocenters. The first kappa shape index (κ1) is 16.0. The van der Waals surface area contributed by atoms with E-state index in [1.165, 1.54) is 0 Å². The minimum Gasteiger partial charge on any atom is -0.326 e. The van der Waals surface area contributed by atoms with Gasteiger partial charge in [-0.3, -0.25) is 9.48 Å². The zero-order valence-electron chi connectivity index (χ0n) is 13.8. The van der Waals surface area contributed by atoms with Crippen molar-refractivity contribution in [2.75, 3.05) is 18.4 Å². The number of aromatic nitrogens is 3. The molecule has 1 aliphatic heterocycles. The van der Waals surface area contributed by atoms with Gasteiger partial charge in [0.1, 0.15) is 5.01 Å². The first-order valence-electron chi connectivity index (χ1n) is 8.21. The molecule has 1 fully saturated rings. The van der Waals surface area contributed by atoms with Gasteiger partial charge in [-0.25, -0.2) is 4.98 Å². The lowest BCUT2D eigenvalue weighted by molar-refractivity contribution is -0.119. The Morgan fingerprint density at radius 1 is 1.40 bits per heavy atom. The SMILES string of the molecule is Cn1cc([C@H]2CNC[C@@H]2C(=O)Nc2cccc(-c3nccs3)c2)cn1. The Morgan fingerprint density at radius 2 is 2.32 bits per heavy atom. The number of hydrogen-bond donors (Lipinski definition) is 2. The molecule has 1 aromatic carbocycles. The quantitative estimate of drug-likeness (QED) is 0.756. The third-order valence-electron chi connectivity index (χ3n) is 4.51. The normalized spacial score (nSPS) is 19.9. The molecule has 2 N–H and O–H groups in total. The van der Waals surface area contributed by atoms with Crippen LogP contribution in [0.4, 0.5) is 5.69 Å². The molecular formula is C18H19N5OS. The first-order valence-corrected chi connectivity index (χ1v) is 9.09. The van der Waals surface area contributed by atoms with Crippen LogP contribution in [0.1, 0.15) is 11.5 Å². The predicted octanol–water partition coefficient (Wildman–Crippen LogP) is 2.49. The molecule has 7 heteroatoms. The van der Waals surface area contributed by atoms with E-state index in [4.69, 9.17) is 0 Å². The van der Waals surface area contributed by atoms with Gasteiger partial charge in [-0.15, -0.1) is 11.3 Å². The van der Waals surface area contributed by atoms with Crippen LogP contribution in [0.3, 0.4) is 0 Å². The van der Waals surface area contributed by atoms with E-state index in [-0.39, 0.29) is 17.7 Å². The van der Waals surface area contributed by atoms with Gasteiger partial charge >= 0.3 is 0 Å². The lowest BCUT2D eigenvalue weighted by Gasteiger charge is -2.17. The molecule has 4 rings (SSSR count). The summed E-state index contributed by atoms with van der Waals surface area (Å²) in [7, 11) is 1.89. The number of benzene rings is 1. The molecule has 0 aliphatic carbocycles. The smallest absolute Gasteiger partial charge is 0.229 e. The number of aryl methyl sites for hydroxylation is 1. The van der Waals surface area contributed by atoms with Crippen LogP contribution in [0.15, 0.2) is 48.2 Å². The standard InChI is InChI=1S/C18H19N5OS/c1-23-11-13(8-21-23)15-9-19-10-16(15)17(24)22-14-4-2-3-12(7-14)18-20-5-6-25-18/h2-8,11,15-16,19H,9-10H2,1H3,(H,22,24)/t15-,16+/m1/s1. The number of rotatable bonds is 4. The molecule has 1 saturated heterocycles. The number of nitrogens with zero attached hydrogens (tertiary/aromatic N) is 3. The van der Waals surface area contributed by atoms with Gasteiger partial charge in [-0.1, -0.05) is 12.1 Å². The topological polar surface area (TPSA) is 71.8 Å². The van der Waals surface area contributed by atoms with Crippen LogP contribution in [0.5, 0.6) is 0 Å². The van der Waals surface area contributed by atoms with Crippen molar-refractivity contribution in [3.8, 4) is 10.6 Å². The number of nitrogens with one attached hydrogen (secondary N) is 2. The van der Waals surface area contributed by atoms with E-state index >= 15 is 0 Å². The van der Waals surface area contributed by atoms with Crippen molar-refractivity contribution in [2.45, 2.75) is 5.92 Å². The molecule has 6 nitrogen and oxygen atoms in total. The fourth-order valence-electron chi connectivity index (χ4n) is 3.27. The molecule has 0 unspecified atom stereocenters. The second-order valence-corrected chi connectivity index (χ2v) is 7.12. The Kier molecular flexibility index (Phi) is 4.33. The number of amides is 1. The van der Waals surface area contributed by atoms with E-state index in [0.717, 1.165) is 28.4 Å². The minimum atomic E-state index is -0.104. The Labute approximate surface area is 149 Å². The monoisotopic (exact) mass is 353 g/mol. The van der Waals surface area contributed by atoms with Gasteiger partial charge in [-0.2, -0.15) is 5.10 Å². The molecule has 0 radical (unpaired) electrons. The second-order valence-electron chi connectivity index (χ2n) is 6.23. The summed E-state index contributed by atoms with van der Waals surface area (Å²) in [5.41, 5.74) is 2.92. The van der Waals surface area contributed by atoms with Crippen molar-refractivity contribution < 1.29 is 4.79 Å². The Balaban J connectivity index is 1.51. The van der Waals surface area contributed by atoms with Gasteiger partial charge < -0.3 is 10.6 Å². The number of carbonyl (C=O) groups is 1. The average molecular weight is 353 g/mol. The van der Waals surface area contributed by atoms with Crippen LogP contribution in [-0.2, 0) is 11.8 Å². The molecule has 3 heterocycles. The van der Waals surface area contributed by atoms with E-state index < -0.39 is 0 Å². The maximum atomic E-state index is 12.8. The minimum absolute atomic E-state index is 0.0372. The molecule has 0 bridgehead atoms. The van der Waals surface area contributed by atoms with Crippen LogP contribution >= 0.6 is 11.3 Å². The van der Waals surface area contributed by atoms with Crippen molar-refractivity contribution in [2.24, 2.45) is 13.0 Å². The fraction of sp³-hybridized carbons (Fsp3) is 0.278. The summed E-state index contributed by atoms with van der Waals surface area (Å²) in [6.45, 7) is 1.47. The maximum Gasteiger partial charge on any atom is 0.229 e. The van der Waals surface area contributed by atoms with Gasteiger partial charge in [0.05, 0.1) is 12.1 Å². The number of anilines is 1. The highest BCUT2D eigenvalue weighted by molar-refractivity contribution is 7.13. The highest BCUT2D eigenvalue weighted by Crippen LogP contribution is 2.30. The maximum absolute atomic E-state index is 12.8. The lowest BCUT2D eigenvalue weighted by atomic mass is 9.90. The van der Waals surface area contributed by atoms with Crippen LogP contribution in [0.25, 0.3) is 10.6 Å². The largest absolute Gasteiger partial charge is 0.326 e. The summed E-state index contributed by atoms with van der Waals surface area (Å²) in [6, 6.07) is 7.83. The zero-order chi connectivity index (χ0) is 17.2. The Morgan fingerprint density at radius 3 is 3.08 bits per heavy atom. The molecule has 1 aliphatic rings. The average Bonchev–Trinajstić information content (AvgIpc) is 3.36. The number of hydrogen-bond acceptors (Lipinski definition) is 5. The van der Waals surface area contributed by atoms with Gasteiger partial charge in [0.2, 0.25) is 5.91 Å². The van der Waals surface area contributed by atoms with Gasteiger partial charge in [0, 0.05) is 55.1 Å². The summed E-state index contributed by atoms with van der Waals surface area (Å²) >= 11 is 1.59. The Bertz CT molecular complexity index is 873. The zero-order valence-corrected chi connectivity index (χ0v) is 14.7. The fourth-order valence-corrected chi connectivity index (χ4v) is 3.90. The van der Waals surface area contributed by atoms with E-state index in [1.807, 2.05) is 49.1 Å². The van der Waals surface area contributed by atoms with Crippen molar-refractivity contribution in [3.63, 3.8) is 0 Å². The van der Waals surface area contributed by atoms with Crippen LogP contribution in [0, 0.1) is 5.92 Å². The van der Waals surface area contributed by atoms with Crippen LogP contribution in [0.2, 0.25) is 0 Å². The van der Waals surface area contributed by atoms with Crippen LogP contribution < -0.4 is 10.6 Å². The lowest BCUT2D eigenvalue weighted by Crippen LogP contribution is -2.28. The molecule has 1 amide bonds. The van der Waals surface area contributed by atoms with Crippen LogP contribution in [-0.4, -0.2) is 33.8 Å². The van der Waals surface area contributed by atoms with E-state index in [0.29, 0.717) is 6.54 Å². The van der Waals surface area contributed by atoms with Crippen molar-refractivity contribution in [3.05, 3.63) is 53.8 Å². The third-order valence-corrected chi connectivity index (χ3v) is 5.34. The summed E-state index contributed by atoms with van der Waals surface area (Å²) < 4.78 is 1.78. The van der Waals surface area contributed by atoms with E-state index in [1.54, 1.807) is 22.2 Å². The molecule has 2 aromatic heterocycles. The number of carbonyl (C=O) groups excluding carboxylic acids is 1. The molecule has 25 heavy (non-hydrogen) atoms. The van der Waals surface area contributed by atoms with Crippen molar-refractivity contribution >= 4 is 22.9 Å². The summed E-state index contributed by atoms with van der Waals surface area (Å²) in [5, 5.41) is 13.5. The Hall–Kier alpha value is -2.51. The van der Waals surface area contributed by atoms with Gasteiger partial charge in [-0.05, 0) is 17.7 Å². The summed E-state index contributed by atoms with van der Waals surface area (Å²) in [5.74, 6) is 0.0821. The highest BCUT2D eigenvalue weighted by atomic mass is 32.1. The van der Waals surface area contributed by atoms with Crippen molar-refractivity contribution in [1.29, 1.82) is 0 Å². The van der Waals surface area contributed by atoms with E-state index in [2.05, 4.69) is 20.7 Å². The summed E-state index contributed by atoms with van der Waals surface area (Å²) in [6.07, 6.45) is 5.62. The molecular weight excluding hydrogens is 334 g/mol. The molecule has 3 aromatic rings. The number of thiazole rings is 1. The first-order chi connectivity index (χ1) is 12.2. The third kappa shape index (κ3) is 3.33. The predicted molar refractivity (Wildman–Crippen MR) is 98.5 cm³/mol. The van der Waals surface area contributed by atoms with Crippen molar-refractivity contribution in [1.82, 2.24) is 20.1 Å². The second kappa shape index (κ2) is 6.78. The molecule has 0 saturated carbocycles. The summed E-state index contributed by atoms with van der Waals surface area (Å²) in [4.78, 5) is 17.1.